The highest BCUT2D eigenvalue weighted by molar-refractivity contribution is 6.30. The van der Waals surface area contributed by atoms with Gasteiger partial charge in [0.15, 0.2) is 5.69 Å². The van der Waals surface area contributed by atoms with Gasteiger partial charge in [-0.2, -0.15) is 18.3 Å². The molecule has 0 spiro atoms. The van der Waals surface area contributed by atoms with Crippen LogP contribution in [0.2, 0.25) is 5.02 Å². The van der Waals surface area contributed by atoms with E-state index < -0.39 is 31.1 Å². The number of hydrogen-bond acceptors (Lipinski definition) is 3. The maximum absolute atomic E-state index is 12.8. The molecule has 1 aromatic carbocycles. The lowest BCUT2D eigenvalue weighted by molar-refractivity contribution is -0.146. The first-order valence-electron chi connectivity index (χ1n) is 7.44. The number of alkyl halides is 3. The molecule has 0 aliphatic rings. The van der Waals surface area contributed by atoms with Gasteiger partial charge in [-0.15, -0.1) is 0 Å². The fourth-order valence-electron chi connectivity index (χ4n) is 2.08. The molecule has 2 aromatic rings. The van der Waals surface area contributed by atoms with Crippen molar-refractivity contribution < 1.29 is 22.8 Å². The van der Waals surface area contributed by atoms with Crippen LogP contribution in [-0.2, 0) is 4.79 Å². The van der Waals surface area contributed by atoms with E-state index in [1.54, 1.807) is 24.3 Å². The zero-order valence-corrected chi connectivity index (χ0v) is 14.8. The molecule has 2 amide bonds. The van der Waals surface area contributed by atoms with Gasteiger partial charge in [0, 0.05) is 25.3 Å². The summed E-state index contributed by atoms with van der Waals surface area (Å²) in [6.07, 6.45) is -3.21. The Labute approximate surface area is 152 Å². The molecule has 0 radical (unpaired) electrons. The van der Waals surface area contributed by atoms with Crippen LogP contribution in [0.5, 0.6) is 0 Å². The number of carbonyl (C=O) groups is 2. The van der Waals surface area contributed by atoms with Crippen molar-refractivity contribution in [2.75, 3.05) is 27.2 Å². The average Bonchev–Trinajstić information content (AvgIpc) is 3.02. The Kier molecular flexibility index (Phi) is 5.91. The number of nitrogens with zero attached hydrogens (tertiary/aromatic N) is 4. The molecule has 0 aliphatic heterocycles. The molecule has 6 nitrogen and oxygen atoms in total. The van der Waals surface area contributed by atoms with Gasteiger partial charge in [0.25, 0.3) is 5.91 Å². The van der Waals surface area contributed by atoms with Crippen molar-refractivity contribution in [3.05, 3.63) is 47.2 Å². The van der Waals surface area contributed by atoms with E-state index in [2.05, 4.69) is 5.10 Å². The number of benzene rings is 1. The van der Waals surface area contributed by atoms with Crippen LogP contribution in [0.3, 0.4) is 0 Å². The molecule has 0 fully saturated rings. The second kappa shape index (κ2) is 7.77. The van der Waals surface area contributed by atoms with Gasteiger partial charge in [0.1, 0.15) is 13.1 Å². The fraction of sp³-hybridized carbons (Fsp3) is 0.312. The number of likely N-dealkylation sites (N-methyl/N-ethyl adjacent to an activating group) is 1. The van der Waals surface area contributed by atoms with E-state index in [1.807, 2.05) is 0 Å². The third kappa shape index (κ3) is 5.22. The van der Waals surface area contributed by atoms with E-state index in [-0.39, 0.29) is 5.69 Å². The number of aromatic nitrogens is 2. The molecule has 0 unspecified atom stereocenters. The Bertz CT molecular complexity index is 805. The molecule has 0 saturated heterocycles. The van der Waals surface area contributed by atoms with E-state index in [1.165, 1.54) is 31.0 Å². The van der Waals surface area contributed by atoms with Crippen LogP contribution in [0, 0.1) is 0 Å². The van der Waals surface area contributed by atoms with Crippen molar-refractivity contribution in [1.82, 2.24) is 19.6 Å². The van der Waals surface area contributed by atoms with Crippen LogP contribution >= 0.6 is 11.6 Å². The molecule has 0 bridgehead atoms. The summed E-state index contributed by atoms with van der Waals surface area (Å²) < 4.78 is 39.7. The molecule has 26 heavy (non-hydrogen) atoms. The molecular formula is C16H16ClF3N4O2. The Balaban J connectivity index is 2.26. The minimum atomic E-state index is -4.64. The Morgan fingerprint density at radius 1 is 1.23 bits per heavy atom. The van der Waals surface area contributed by atoms with Crippen LogP contribution < -0.4 is 0 Å². The Morgan fingerprint density at radius 3 is 2.50 bits per heavy atom. The minimum absolute atomic E-state index is 0.208. The number of carbonyl (C=O) groups excluding carboxylic acids is 2. The summed E-state index contributed by atoms with van der Waals surface area (Å²) in [4.78, 5) is 25.7. The monoisotopic (exact) mass is 388 g/mol. The van der Waals surface area contributed by atoms with Gasteiger partial charge < -0.3 is 9.80 Å². The van der Waals surface area contributed by atoms with E-state index in [0.29, 0.717) is 15.6 Å². The summed E-state index contributed by atoms with van der Waals surface area (Å²) in [7, 11) is 2.79. The first-order valence-corrected chi connectivity index (χ1v) is 7.82. The van der Waals surface area contributed by atoms with E-state index >= 15 is 0 Å². The second-order valence-electron chi connectivity index (χ2n) is 5.69. The minimum Gasteiger partial charge on any atom is -0.347 e. The maximum Gasteiger partial charge on any atom is 0.406 e. The summed E-state index contributed by atoms with van der Waals surface area (Å²) >= 11 is 5.89. The molecular weight excluding hydrogens is 373 g/mol. The Hall–Kier alpha value is -2.55. The lowest BCUT2D eigenvalue weighted by Crippen LogP contribution is -2.45. The molecule has 0 atom stereocenters. The van der Waals surface area contributed by atoms with Gasteiger partial charge in [0.05, 0.1) is 5.69 Å². The summed E-state index contributed by atoms with van der Waals surface area (Å²) in [6.45, 7) is -2.25. The van der Waals surface area contributed by atoms with Crippen molar-refractivity contribution in [3.8, 4) is 5.69 Å². The highest BCUT2D eigenvalue weighted by Gasteiger charge is 2.35. The SMILES string of the molecule is CN(C)C(=O)CN(CC(F)(F)F)C(=O)c1ccn(-c2cccc(Cl)c2)n1. The lowest BCUT2D eigenvalue weighted by atomic mass is 10.3. The molecule has 0 aliphatic carbocycles. The smallest absolute Gasteiger partial charge is 0.347 e. The molecule has 10 heteroatoms. The van der Waals surface area contributed by atoms with Gasteiger partial charge in [0.2, 0.25) is 5.91 Å². The Morgan fingerprint density at radius 2 is 1.92 bits per heavy atom. The number of hydrogen-bond donors (Lipinski definition) is 0. The van der Waals surface area contributed by atoms with Crippen LogP contribution in [0.1, 0.15) is 10.5 Å². The summed E-state index contributed by atoms with van der Waals surface area (Å²) in [5.74, 6) is -1.62. The van der Waals surface area contributed by atoms with Crippen LogP contribution in [0.15, 0.2) is 36.5 Å². The zero-order valence-electron chi connectivity index (χ0n) is 14.0. The van der Waals surface area contributed by atoms with Crippen molar-refractivity contribution in [2.45, 2.75) is 6.18 Å². The van der Waals surface area contributed by atoms with Crippen LogP contribution in [0.25, 0.3) is 5.69 Å². The molecule has 1 heterocycles. The molecule has 0 saturated carbocycles. The van der Waals surface area contributed by atoms with Gasteiger partial charge >= 0.3 is 6.18 Å². The molecule has 140 valence electrons. The third-order valence-electron chi connectivity index (χ3n) is 3.36. The van der Waals surface area contributed by atoms with Crippen LogP contribution in [-0.4, -0.2) is 64.8 Å². The molecule has 1 aromatic heterocycles. The van der Waals surface area contributed by atoms with Gasteiger partial charge in [-0.3, -0.25) is 9.59 Å². The summed E-state index contributed by atoms with van der Waals surface area (Å²) in [5.41, 5.74) is 0.337. The van der Waals surface area contributed by atoms with Crippen molar-refractivity contribution in [2.24, 2.45) is 0 Å². The van der Waals surface area contributed by atoms with E-state index in [0.717, 1.165) is 4.90 Å². The van der Waals surface area contributed by atoms with Crippen molar-refractivity contribution >= 4 is 23.4 Å². The maximum atomic E-state index is 12.8. The molecule has 2 rings (SSSR count). The van der Waals surface area contributed by atoms with Gasteiger partial charge in [-0.05, 0) is 24.3 Å². The summed E-state index contributed by atoms with van der Waals surface area (Å²) in [6, 6.07) is 7.87. The van der Waals surface area contributed by atoms with Crippen molar-refractivity contribution in [1.29, 1.82) is 0 Å². The number of rotatable bonds is 5. The number of halogens is 4. The average molecular weight is 389 g/mol. The standard InChI is InChI=1S/C16H16ClF3N4O2/c1-22(2)14(25)9-23(10-16(18,19)20)15(26)13-6-7-24(21-13)12-5-3-4-11(17)8-12/h3-8H,9-10H2,1-2H3. The second-order valence-corrected chi connectivity index (χ2v) is 6.13. The first-order chi connectivity index (χ1) is 12.1. The van der Waals surface area contributed by atoms with Crippen molar-refractivity contribution in [3.63, 3.8) is 0 Å². The van der Waals surface area contributed by atoms with E-state index in [4.69, 9.17) is 11.6 Å². The fourth-order valence-corrected chi connectivity index (χ4v) is 2.27. The normalized spacial score (nSPS) is 11.3. The van der Waals surface area contributed by atoms with Gasteiger partial charge in [-0.1, -0.05) is 17.7 Å². The first kappa shape index (κ1) is 19.8. The highest BCUT2D eigenvalue weighted by atomic mass is 35.5. The highest BCUT2D eigenvalue weighted by Crippen LogP contribution is 2.19. The quantitative estimate of drug-likeness (QED) is 0.791. The lowest BCUT2D eigenvalue weighted by Gasteiger charge is -2.24. The largest absolute Gasteiger partial charge is 0.406 e. The molecule has 0 N–H and O–H groups in total. The topological polar surface area (TPSA) is 58.4 Å². The third-order valence-corrected chi connectivity index (χ3v) is 3.60. The van der Waals surface area contributed by atoms with E-state index in [9.17, 15) is 22.8 Å². The summed E-state index contributed by atoms with van der Waals surface area (Å²) in [5, 5.41) is 4.44. The predicted molar refractivity (Wildman–Crippen MR) is 89.2 cm³/mol. The van der Waals surface area contributed by atoms with Crippen LogP contribution in [0.4, 0.5) is 13.2 Å². The predicted octanol–water partition coefficient (Wildman–Crippen LogP) is 2.62. The number of amides is 2. The zero-order chi connectivity index (χ0) is 19.5. The van der Waals surface area contributed by atoms with Gasteiger partial charge in [-0.25, -0.2) is 4.68 Å².